The summed E-state index contributed by atoms with van der Waals surface area (Å²) in [7, 11) is 1.54. The van der Waals surface area contributed by atoms with Crippen LogP contribution in [0.25, 0.3) is 0 Å². The lowest BCUT2D eigenvalue weighted by molar-refractivity contribution is -0.122. The maximum atomic E-state index is 11.9. The Morgan fingerprint density at radius 2 is 2.26 bits per heavy atom. The second-order valence-corrected chi connectivity index (χ2v) is 3.94. The van der Waals surface area contributed by atoms with Gasteiger partial charge in [-0.05, 0) is 13.0 Å². The Morgan fingerprint density at radius 3 is 2.89 bits per heavy atom. The SMILES string of the molecule is COCCNC(=O)C(C)NC(=O)c1cnccc1N. The van der Waals surface area contributed by atoms with E-state index in [4.69, 9.17) is 10.5 Å². The van der Waals surface area contributed by atoms with Crippen LogP contribution in [-0.4, -0.2) is 43.1 Å². The number of amides is 2. The number of nitrogens with one attached hydrogen (secondary N) is 2. The van der Waals surface area contributed by atoms with Crippen molar-refractivity contribution in [2.75, 3.05) is 26.0 Å². The molecule has 1 aromatic heterocycles. The lowest BCUT2D eigenvalue weighted by atomic mass is 10.2. The van der Waals surface area contributed by atoms with Crippen LogP contribution < -0.4 is 16.4 Å². The molecule has 0 aliphatic carbocycles. The first-order chi connectivity index (χ1) is 9.06. The van der Waals surface area contributed by atoms with Crippen LogP contribution in [0.4, 0.5) is 5.69 Å². The third-order valence-electron chi connectivity index (χ3n) is 2.45. The van der Waals surface area contributed by atoms with E-state index in [1.54, 1.807) is 14.0 Å². The zero-order chi connectivity index (χ0) is 14.3. The lowest BCUT2D eigenvalue weighted by Gasteiger charge is -2.14. The summed E-state index contributed by atoms with van der Waals surface area (Å²) in [4.78, 5) is 27.3. The van der Waals surface area contributed by atoms with Crippen molar-refractivity contribution in [3.63, 3.8) is 0 Å². The van der Waals surface area contributed by atoms with Crippen LogP contribution in [0.2, 0.25) is 0 Å². The van der Waals surface area contributed by atoms with Gasteiger partial charge in [-0.1, -0.05) is 0 Å². The van der Waals surface area contributed by atoms with Crippen LogP contribution in [0.15, 0.2) is 18.5 Å². The molecule has 0 fully saturated rings. The van der Waals surface area contributed by atoms with Crippen LogP contribution >= 0.6 is 0 Å². The zero-order valence-corrected chi connectivity index (χ0v) is 11.0. The summed E-state index contributed by atoms with van der Waals surface area (Å²) < 4.78 is 4.81. The number of nitrogens with two attached hydrogens (primary N) is 1. The van der Waals surface area contributed by atoms with Crippen molar-refractivity contribution in [2.45, 2.75) is 13.0 Å². The monoisotopic (exact) mass is 266 g/mol. The van der Waals surface area contributed by atoms with Gasteiger partial charge in [0, 0.05) is 31.7 Å². The number of aromatic nitrogens is 1. The van der Waals surface area contributed by atoms with Gasteiger partial charge in [0.15, 0.2) is 0 Å². The minimum absolute atomic E-state index is 0.249. The standard InChI is InChI=1S/C12H18N4O3/c1-8(11(17)15-5-6-19-2)16-12(18)9-7-14-4-3-10(9)13/h3-4,7-8H,5-6H2,1-2H3,(H2,13,14)(H,15,17)(H,16,18). The van der Waals surface area contributed by atoms with E-state index in [1.165, 1.54) is 18.5 Å². The van der Waals surface area contributed by atoms with E-state index < -0.39 is 11.9 Å². The van der Waals surface area contributed by atoms with Gasteiger partial charge in [-0.3, -0.25) is 14.6 Å². The summed E-state index contributed by atoms with van der Waals surface area (Å²) in [6, 6.07) is 0.863. The molecule has 104 valence electrons. The minimum Gasteiger partial charge on any atom is -0.398 e. The van der Waals surface area contributed by atoms with E-state index in [1.807, 2.05) is 0 Å². The molecular weight excluding hydrogens is 248 g/mol. The first-order valence-electron chi connectivity index (χ1n) is 5.83. The summed E-state index contributed by atoms with van der Waals surface area (Å²) in [5.74, 6) is -0.715. The highest BCUT2D eigenvalue weighted by atomic mass is 16.5. The van der Waals surface area contributed by atoms with Crippen molar-refractivity contribution in [2.24, 2.45) is 0 Å². The number of carbonyl (C=O) groups is 2. The summed E-state index contributed by atoms with van der Waals surface area (Å²) in [6.07, 6.45) is 2.85. The van der Waals surface area contributed by atoms with Gasteiger partial charge < -0.3 is 21.1 Å². The van der Waals surface area contributed by atoms with E-state index in [-0.39, 0.29) is 11.5 Å². The van der Waals surface area contributed by atoms with E-state index in [0.717, 1.165) is 0 Å². The summed E-state index contributed by atoms with van der Waals surface area (Å²) in [5.41, 5.74) is 6.22. The summed E-state index contributed by atoms with van der Waals surface area (Å²) >= 11 is 0. The molecule has 1 unspecified atom stereocenters. The van der Waals surface area contributed by atoms with Crippen LogP contribution in [0.3, 0.4) is 0 Å². The number of ether oxygens (including phenoxy) is 1. The predicted octanol–water partition coefficient (Wildman–Crippen LogP) is -0.455. The van der Waals surface area contributed by atoms with Crippen LogP contribution in [-0.2, 0) is 9.53 Å². The highest BCUT2D eigenvalue weighted by Gasteiger charge is 2.17. The van der Waals surface area contributed by atoms with Crippen molar-refractivity contribution in [3.8, 4) is 0 Å². The van der Waals surface area contributed by atoms with Crippen molar-refractivity contribution < 1.29 is 14.3 Å². The fourth-order valence-electron chi connectivity index (χ4n) is 1.36. The molecule has 4 N–H and O–H groups in total. The molecule has 1 heterocycles. The zero-order valence-electron chi connectivity index (χ0n) is 11.0. The molecule has 0 saturated carbocycles. The quantitative estimate of drug-likeness (QED) is 0.604. The molecule has 0 radical (unpaired) electrons. The van der Waals surface area contributed by atoms with Crippen molar-refractivity contribution >= 4 is 17.5 Å². The average molecular weight is 266 g/mol. The van der Waals surface area contributed by atoms with Crippen molar-refractivity contribution in [1.82, 2.24) is 15.6 Å². The number of hydrogen-bond donors (Lipinski definition) is 3. The molecule has 1 aromatic rings. The third-order valence-corrected chi connectivity index (χ3v) is 2.45. The van der Waals surface area contributed by atoms with Gasteiger partial charge in [0.25, 0.3) is 5.91 Å². The topological polar surface area (TPSA) is 106 Å². The fraction of sp³-hybridized carbons (Fsp3) is 0.417. The Morgan fingerprint density at radius 1 is 1.53 bits per heavy atom. The Kier molecular flexibility index (Phi) is 5.74. The first kappa shape index (κ1) is 14.9. The van der Waals surface area contributed by atoms with Crippen molar-refractivity contribution in [3.05, 3.63) is 24.0 Å². The molecule has 0 spiro atoms. The van der Waals surface area contributed by atoms with Gasteiger partial charge in [-0.15, -0.1) is 0 Å². The molecule has 19 heavy (non-hydrogen) atoms. The maximum absolute atomic E-state index is 11.9. The van der Waals surface area contributed by atoms with Gasteiger partial charge in [0.05, 0.1) is 12.2 Å². The molecule has 0 saturated heterocycles. The highest BCUT2D eigenvalue weighted by molar-refractivity contribution is 6.00. The maximum Gasteiger partial charge on any atom is 0.255 e. The number of anilines is 1. The number of nitrogens with zero attached hydrogens (tertiary/aromatic N) is 1. The number of methoxy groups -OCH3 is 1. The van der Waals surface area contributed by atoms with E-state index in [0.29, 0.717) is 18.8 Å². The number of rotatable bonds is 6. The second-order valence-electron chi connectivity index (χ2n) is 3.94. The lowest BCUT2D eigenvalue weighted by Crippen LogP contribution is -2.45. The second kappa shape index (κ2) is 7.32. The predicted molar refractivity (Wildman–Crippen MR) is 70.5 cm³/mol. The Labute approximate surface area is 111 Å². The fourth-order valence-corrected chi connectivity index (χ4v) is 1.36. The van der Waals surface area contributed by atoms with E-state index >= 15 is 0 Å². The Hall–Kier alpha value is -2.15. The summed E-state index contributed by atoms with van der Waals surface area (Å²) in [5, 5.41) is 5.18. The average Bonchev–Trinajstić information content (AvgIpc) is 2.39. The number of nitrogen functional groups attached to an aromatic ring is 1. The van der Waals surface area contributed by atoms with Crippen LogP contribution in [0, 0.1) is 0 Å². The van der Waals surface area contributed by atoms with E-state index in [9.17, 15) is 9.59 Å². The van der Waals surface area contributed by atoms with Gasteiger partial charge in [-0.25, -0.2) is 0 Å². The smallest absolute Gasteiger partial charge is 0.255 e. The number of pyridine rings is 1. The molecule has 7 nitrogen and oxygen atoms in total. The molecule has 1 atom stereocenters. The third kappa shape index (κ3) is 4.55. The van der Waals surface area contributed by atoms with E-state index in [2.05, 4.69) is 15.6 Å². The van der Waals surface area contributed by atoms with Gasteiger partial charge in [-0.2, -0.15) is 0 Å². The minimum atomic E-state index is -0.663. The van der Waals surface area contributed by atoms with Crippen LogP contribution in [0.5, 0.6) is 0 Å². The number of carbonyl (C=O) groups excluding carboxylic acids is 2. The molecule has 0 bridgehead atoms. The van der Waals surface area contributed by atoms with Gasteiger partial charge >= 0.3 is 0 Å². The molecular formula is C12H18N4O3. The molecule has 2 amide bonds. The largest absolute Gasteiger partial charge is 0.398 e. The Bertz CT molecular complexity index is 450. The molecule has 0 aliphatic heterocycles. The van der Waals surface area contributed by atoms with Crippen molar-refractivity contribution in [1.29, 1.82) is 0 Å². The first-order valence-corrected chi connectivity index (χ1v) is 5.83. The highest BCUT2D eigenvalue weighted by Crippen LogP contribution is 2.08. The van der Waals surface area contributed by atoms with Crippen LogP contribution in [0.1, 0.15) is 17.3 Å². The normalized spacial score (nSPS) is 11.7. The summed E-state index contributed by atoms with van der Waals surface area (Å²) in [6.45, 7) is 2.40. The number of hydrogen-bond acceptors (Lipinski definition) is 5. The van der Waals surface area contributed by atoms with Gasteiger partial charge in [0.1, 0.15) is 6.04 Å². The molecule has 0 aromatic carbocycles. The molecule has 7 heteroatoms. The molecule has 0 aliphatic rings. The van der Waals surface area contributed by atoms with Gasteiger partial charge in [0.2, 0.25) is 5.91 Å². The molecule has 1 rings (SSSR count). The Balaban J connectivity index is 2.52.